The van der Waals surface area contributed by atoms with Gasteiger partial charge in [0, 0.05) is 22.5 Å². The Balaban J connectivity index is 2.51. The molecule has 0 fully saturated rings. The number of aryl methyl sites for hydroxylation is 1. The van der Waals surface area contributed by atoms with Crippen molar-refractivity contribution in [1.29, 1.82) is 0 Å². The van der Waals surface area contributed by atoms with E-state index in [0.717, 1.165) is 0 Å². The normalized spacial score (nSPS) is 12.4. The van der Waals surface area contributed by atoms with E-state index in [-0.39, 0.29) is 22.5 Å². The van der Waals surface area contributed by atoms with E-state index in [1.165, 1.54) is 11.8 Å². The number of hydrogen-bond acceptors (Lipinski definition) is 4. The average molecular weight is 371 g/mol. The second-order valence-electron chi connectivity index (χ2n) is 5.43. The minimum Gasteiger partial charge on any atom is -0.370 e. The van der Waals surface area contributed by atoms with Gasteiger partial charge in [-0.15, -0.1) is 0 Å². The molecule has 1 atom stereocenters. The van der Waals surface area contributed by atoms with Crippen LogP contribution >= 0.6 is 11.6 Å². The summed E-state index contributed by atoms with van der Waals surface area (Å²) in [5.41, 5.74) is -0.101. The van der Waals surface area contributed by atoms with E-state index in [0.29, 0.717) is 15.4 Å². The summed E-state index contributed by atoms with van der Waals surface area (Å²) in [6, 6.07) is 5.83. The summed E-state index contributed by atoms with van der Waals surface area (Å²) in [4.78, 5) is 26.7. The van der Waals surface area contributed by atoms with E-state index < -0.39 is 22.4 Å². The Hall–Kier alpha value is -1.86. The van der Waals surface area contributed by atoms with E-state index in [2.05, 4.69) is 0 Å². The molecule has 6 nitrogen and oxygen atoms in total. The molecule has 1 amide bonds. The molecule has 0 aliphatic carbocycles. The molecular formula is C16H19ClN2O4S. The van der Waals surface area contributed by atoms with Crippen LogP contribution < -0.4 is 10.5 Å². The summed E-state index contributed by atoms with van der Waals surface area (Å²) in [7, 11) is -1.50. The first-order chi connectivity index (χ1) is 11.3. The van der Waals surface area contributed by atoms with Gasteiger partial charge in [0.2, 0.25) is 0 Å². The largest absolute Gasteiger partial charge is 0.370 e. The van der Waals surface area contributed by atoms with Crippen LogP contribution in [0.15, 0.2) is 38.5 Å². The molecule has 0 spiro atoms. The number of benzene rings is 1. The lowest BCUT2D eigenvalue weighted by atomic mass is 10.2. The van der Waals surface area contributed by atoms with Crippen molar-refractivity contribution in [1.82, 2.24) is 4.74 Å². The molecule has 1 aromatic carbocycles. The van der Waals surface area contributed by atoms with E-state index in [4.69, 9.17) is 16.1 Å². The SMILES string of the molecule is CCS(=O)c1c(C)on(C(=O)N(c2ccc(Cl)cc2)C(C)C)c1=O. The van der Waals surface area contributed by atoms with Crippen molar-refractivity contribution in [2.75, 3.05) is 10.7 Å². The van der Waals surface area contributed by atoms with Gasteiger partial charge in [0.25, 0.3) is 0 Å². The molecule has 2 rings (SSSR count). The molecule has 1 heterocycles. The van der Waals surface area contributed by atoms with Crippen molar-refractivity contribution < 1.29 is 13.5 Å². The maximum Gasteiger partial charge on any atom is 0.365 e. The Morgan fingerprint density at radius 3 is 2.42 bits per heavy atom. The van der Waals surface area contributed by atoms with Crippen LogP contribution in [0.4, 0.5) is 10.5 Å². The minimum atomic E-state index is -1.50. The van der Waals surface area contributed by atoms with E-state index >= 15 is 0 Å². The van der Waals surface area contributed by atoms with Gasteiger partial charge in [-0.1, -0.05) is 23.3 Å². The number of carbonyl (C=O) groups excluding carboxylic acids is 1. The van der Waals surface area contributed by atoms with Crippen LogP contribution in [0.1, 0.15) is 26.5 Å². The Labute approximate surface area is 147 Å². The fourth-order valence-corrected chi connectivity index (χ4v) is 3.37. The first-order valence-corrected chi connectivity index (χ1v) is 9.18. The summed E-state index contributed by atoms with van der Waals surface area (Å²) < 4.78 is 18.0. The zero-order valence-electron chi connectivity index (χ0n) is 13.9. The minimum absolute atomic E-state index is 0.0330. The van der Waals surface area contributed by atoms with E-state index in [1.54, 1.807) is 31.2 Å². The fourth-order valence-electron chi connectivity index (χ4n) is 2.32. The molecule has 0 radical (unpaired) electrons. The van der Waals surface area contributed by atoms with Crippen LogP contribution in [0.2, 0.25) is 5.02 Å². The van der Waals surface area contributed by atoms with Gasteiger partial charge in [-0.05, 0) is 45.0 Å². The molecule has 2 aromatic rings. The molecule has 0 saturated carbocycles. The standard InChI is InChI=1S/C16H19ClN2O4S/c1-5-24(22)14-11(4)23-19(15(14)20)16(21)18(10(2)3)13-8-6-12(17)7-9-13/h6-10H,5H2,1-4H3. The number of halogens is 1. The van der Waals surface area contributed by atoms with Crippen LogP contribution in [0.3, 0.4) is 0 Å². The van der Waals surface area contributed by atoms with Crippen LogP contribution in [-0.2, 0) is 10.8 Å². The van der Waals surface area contributed by atoms with Gasteiger partial charge in [-0.3, -0.25) is 13.9 Å². The fraction of sp³-hybridized carbons (Fsp3) is 0.375. The van der Waals surface area contributed by atoms with Gasteiger partial charge in [0.05, 0.1) is 10.8 Å². The third-order valence-electron chi connectivity index (χ3n) is 3.42. The Morgan fingerprint density at radius 2 is 1.92 bits per heavy atom. The van der Waals surface area contributed by atoms with Gasteiger partial charge >= 0.3 is 11.6 Å². The van der Waals surface area contributed by atoms with Crippen molar-refractivity contribution >= 4 is 34.1 Å². The van der Waals surface area contributed by atoms with Crippen molar-refractivity contribution in [3.8, 4) is 0 Å². The van der Waals surface area contributed by atoms with Crippen molar-refractivity contribution in [2.24, 2.45) is 0 Å². The highest BCUT2D eigenvalue weighted by Gasteiger charge is 2.28. The number of aromatic nitrogens is 1. The molecule has 0 bridgehead atoms. The zero-order valence-corrected chi connectivity index (χ0v) is 15.5. The highest BCUT2D eigenvalue weighted by atomic mass is 35.5. The average Bonchev–Trinajstić information content (AvgIpc) is 2.83. The van der Waals surface area contributed by atoms with Gasteiger partial charge in [-0.25, -0.2) is 4.79 Å². The summed E-state index contributed by atoms with van der Waals surface area (Å²) in [5.74, 6) is 0.461. The summed E-state index contributed by atoms with van der Waals surface area (Å²) in [5, 5.41) is 0.543. The quantitative estimate of drug-likeness (QED) is 0.826. The summed E-state index contributed by atoms with van der Waals surface area (Å²) >= 11 is 5.88. The van der Waals surface area contributed by atoms with Gasteiger partial charge in [-0.2, -0.15) is 0 Å². The summed E-state index contributed by atoms with van der Waals surface area (Å²) in [6.45, 7) is 6.86. The van der Waals surface area contributed by atoms with Crippen LogP contribution in [-0.4, -0.2) is 26.8 Å². The zero-order chi connectivity index (χ0) is 18.0. The third kappa shape index (κ3) is 3.47. The molecule has 0 N–H and O–H groups in total. The van der Waals surface area contributed by atoms with Gasteiger partial charge < -0.3 is 4.52 Å². The first-order valence-electron chi connectivity index (χ1n) is 7.48. The second kappa shape index (κ2) is 7.36. The predicted octanol–water partition coefficient (Wildman–Crippen LogP) is 3.41. The molecular weight excluding hydrogens is 352 g/mol. The molecule has 1 aromatic heterocycles. The Morgan fingerprint density at radius 1 is 1.33 bits per heavy atom. The smallest absolute Gasteiger partial charge is 0.365 e. The molecule has 8 heteroatoms. The van der Waals surface area contributed by atoms with Crippen LogP contribution in [0, 0.1) is 6.92 Å². The van der Waals surface area contributed by atoms with Crippen molar-refractivity contribution in [2.45, 2.75) is 38.6 Å². The highest BCUT2D eigenvalue weighted by Crippen LogP contribution is 2.21. The molecule has 0 saturated heterocycles. The molecule has 0 aliphatic rings. The number of amides is 1. The second-order valence-corrected chi connectivity index (χ2v) is 7.55. The lowest BCUT2D eigenvalue weighted by Crippen LogP contribution is -2.43. The maximum absolute atomic E-state index is 12.8. The number of hydrogen-bond donors (Lipinski definition) is 0. The summed E-state index contributed by atoms with van der Waals surface area (Å²) in [6.07, 6.45) is 0. The highest BCUT2D eigenvalue weighted by molar-refractivity contribution is 7.85. The van der Waals surface area contributed by atoms with E-state index in [1.807, 2.05) is 13.8 Å². The number of anilines is 1. The Bertz CT molecular complexity index is 824. The van der Waals surface area contributed by atoms with E-state index in [9.17, 15) is 13.8 Å². The van der Waals surface area contributed by atoms with Crippen LogP contribution in [0.25, 0.3) is 0 Å². The Kier molecular flexibility index (Phi) is 5.66. The third-order valence-corrected chi connectivity index (χ3v) is 5.11. The molecule has 0 aliphatic heterocycles. The van der Waals surface area contributed by atoms with Gasteiger partial charge in [0.1, 0.15) is 4.90 Å². The molecule has 1 unspecified atom stereocenters. The predicted molar refractivity (Wildman–Crippen MR) is 94.5 cm³/mol. The monoisotopic (exact) mass is 370 g/mol. The number of rotatable bonds is 4. The maximum atomic E-state index is 12.8. The number of carbonyl (C=O) groups is 1. The lowest BCUT2D eigenvalue weighted by Gasteiger charge is -2.25. The van der Waals surface area contributed by atoms with Crippen molar-refractivity contribution in [3.63, 3.8) is 0 Å². The van der Waals surface area contributed by atoms with Crippen LogP contribution in [0.5, 0.6) is 0 Å². The molecule has 130 valence electrons. The van der Waals surface area contributed by atoms with Crippen molar-refractivity contribution in [3.05, 3.63) is 45.4 Å². The number of nitrogens with zero attached hydrogens (tertiary/aromatic N) is 2. The lowest BCUT2D eigenvalue weighted by molar-refractivity contribution is 0.210. The molecule has 24 heavy (non-hydrogen) atoms. The topological polar surface area (TPSA) is 72.5 Å². The van der Waals surface area contributed by atoms with Gasteiger partial charge in [0.15, 0.2) is 5.76 Å². The first kappa shape index (κ1) is 18.5.